The van der Waals surface area contributed by atoms with E-state index < -0.39 is 0 Å². The van der Waals surface area contributed by atoms with Crippen LogP contribution in [-0.2, 0) is 0 Å². The maximum atomic E-state index is 4.67. The zero-order chi connectivity index (χ0) is 11.1. The first-order valence-corrected chi connectivity index (χ1v) is 6.39. The summed E-state index contributed by atoms with van der Waals surface area (Å²) >= 11 is 3.48. The number of hydrogen-bond acceptors (Lipinski definition) is 2. The summed E-state index contributed by atoms with van der Waals surface area (Å²) in [7, 11) is 0. The molecule has 0 saturated carbocycles. The fourth-order valence-electron chi connectivity index (χ4n) is 2.35. The molecule has 3 rings (SSSR count). The van der Waals surface area contributed by atoms with Crippen LogP contribution >= 0.6 is 15.9 Å². The molecule has 1 saturated heterocycles. The number of imidazole rings is 1. The zero-order valence-electron chi connectivity index (χ0n) is 9.13. The summed E-state index contributed by atoms with van der Waals surface area (Å²) in [5, 5.41) is 3.41. The minimum absolute atomic E-state index is 0.520. The van der Waals surface area contributed by atoms with Crippen LogP contribution < -0.4 is 5.32 Å². The number of H-pyrrole nitrogens is 1. The second kappa shape index (κ2) is 3.86. The number of benzene rings is 1. The van der Waals surface area contributed by atoms with E-state index in [4.69, 9.17) is 0 Å². The molecule has 0 amide bonds. The van der Waals surface area contributed by atoms with Crippen molar-refractivity contribution >= 4 is 27.0 Å². The minimum Gasteiger partial charge on any atom is -0.342 e. The van der Waals surface area contributed by atoms with Crippen LogP contribution in [-0.4, -0.2) is 23.1 Å². The summed E-state index contributed by atoms with van der Waals surface area (Å²) in [5.41, 5.74) is 2.17. The summed E-state index contributed by atoms with van der Waals surface area (Å²) in [6.45, 7) is 4.39. The fraction of sp³-hybridized carbons (Fsp3) is 0.417. The van der Waals surface area contributed by atoms with Crippen LogP contribution in [0.5, 0.6) is 0 Å². The van der Waals surface area contributed by atoms with Gasteiger partial charge in [-0.3, -0.25) is 0 Å². The van der Waals surface area contributed by atoms with E-state index in [2.05, 4.69) is 44.2 Å². The summed E-state index contributed by atoms with van der Waals surface area (Å²) in [6.07, 6.45) is 0. The van der Waals surface area contributed by atoms with Crippen LogP contribution in [0.1, 0.15) is 18.7 Å². The van der Waals surface area contributed by atoms with Crippen molar-refractivity contribution in [1.29, 1.82) is 0 Å². The number of rotatable bonds is 1. The van der Waals surface area contributed by atoms with Crippen molar-refractivity contribution in [3.05, 3.63) is 28.5 Å². The van der Waals surface area contributed by atoms with E-state index in [0.29, 0.717) is 11.8 Å². The predicted molar refractivity (Wildman–Crippen MR) is 68.6 cm³/mol. The highest BCUT2D eigenvalue weighted by Crippen LogP contribution is 2.28. The Morgan fingerprint density at radius 2 is 2.25 bits per heavy atom. The quantitative estimate of drug-likeness (QED) is 0.843. The topological polar surface area (TPSA) is 40.7 Å². The van der Waals surface area contributed by atoms with E-state index in [1.165, 1.54) is 0 Å². The Balaban J connectivity index is 2.04. The zero-order valence-corrected chi connectivity index (χ0v) is 10.7. The lowest BCUT2D eigenvalue weighted by molar-refractivity contribution is 0.551. The molecule has 1 aliphatic heterocycles. The Bertz CT molecular complexity index is 520. The number of nitrogens with zero attached hydrogens (tertiary/aromatic N) is 1. The number of aromatic amines is 1. The molecule has 2 heterocycles. The van der Waals surface area contributed by atoms with E-state index in [1.54, 1.807) is 0 Å². The molecule has 1 fully saturated rings. The Morgan fingerprint density at radius 3 is 3.00 bits per heavy atom. The van der Waals surface area contributed by atoms with Gasteiger partial charge in [0.05, 0.1) is 11.0 Å². The molecule has 0 bridgehead atoms. The Kier molecular flexibility index (Phi) is 2.48. The van der Waals surface area contributed by atoms with Crippen molar-refractivity contribution in [1.82, 2.24) is 15.3 Å². The van der Waals surface area contributed by atoms with Gasteiger partial charge in [-0.25, -0.2) is 4.98 Å². The van der Waals surface area contributed by atoms with E-state index in [1.807, 2.05) is 12.1 Å². The average molecular weight is 280 g/mol. The molecule has 2 N–H and O–H groups in total. The van der Waals surface area contributed by atoms with Crippen molar-refractivity contribution in [2.75, 3.05) is 13.1 Å². The van der Waals surface area contributed by atoms with Gasteiger partial charge < -0.3 is 10.3 Å². The molecule has 4 heteroatoms. The van der Waals surface area contributed by atoms with E-state index in [9.17, 15) is 0 Å². The fourth-order valence-corrected chi connectivity index (χ4v) is 2.71. The third-order valence-electron chi connectivity index (χ3n) is 3.33. The standard InChI is InChI=1S/C12H14BrN3/c1-7-5-14-6-9(7)12-15-10-3-2-8(13)4-11(10)16-12/h2-4,7,9,14H,5-6H2,1H3,(H,15,16)/t7-,9-/m1/s1. The molecule has 2 atom stereocenters. The second-order valence-electron chi connectivity index (χ2n) is 4.53. The first-order valence-electron chi connectivity index (χ1n) is 5.60. The van der Waals surface area contributed by atoms with Gasteiger partial charge in [0, 0.05) is 16.9 Å². The number of halogens is 1. The molecule has 0 aliphatic carbocycles. The Labute approximate surface area is 103 Å². The maximum Gasteiger partial charge on any atom is 0.111 e. The van der Waals surface area contributed by atoms with Crippen molar-refractivity contribution in [2.24, 2.45) is 5.92 Å². The lowest BCUT2D eigenvalue weighted by Gasteiger charge is -2.09. The highest BCUT2D eigenvalue weighted by atomic mass is 79.9. The third kappa shape index (κ3) is 1.66. The predicted octanol–water partition coefficient (Wildman–Crippen LogP) is 2.65. The van der Waals surface area contributed by atoms with Crippen LogP contribution in [0.2, 0.25) is 0 Å². The number of hydrogen-bond donors (Lipinski definition) is 2. The van der Waals surface area contributed by atoms with Crippen LogP contribution in [0.25, 0.3) is 11.0 Å². The minimum atomic E-state index is 0.520. The summed E-state index contributed by atoms with van der Waals surface area (Å²) in [5.74, 6) is 2.29. The van der Waals surface area contributed by atoms with Crippen LogP contribution in [0, 0.1) is 5.92 Å². The molecule has 0 unspecified atom stereocenters. The SMILES string of the molecule is C[C@@H]1CNC[C@H]1c1nc2ccc(Br)cc2[nH]1. The molecular formula is C12H14BrN3. The first kappa shape index (κ1) is 10.3. The smallest absolute Gasteiger partial charge is 0.111 e. The van der Waals surface area contributed by atoms with Gasteiger partial charge in [-0.1, -0.05) is 22.9 Å². The highest BCUT2D eigenvalue weighted by Gasteiger charge is 2.27. The Morgan fingerprint density at radius 1 is 1.38 bits per heavy atom. The monoisotopic (exact) mass is 279 g/mol. The van der Waals surface area contributed by atoms with Gasteiger partial charge in [-0.15, -0.1) is 0 Å². The summed E-state index contributed by atoms with van der Waals surface area (Å²) in [6, 6.07) is 6.16. The lowest BCUT2D eigenvalue weighted by atomic mass is 9.98. The van der Waals surface area contributed by atoms with Crippen molar-refractivity contribution in [3.8, 4) is 0 Å². The molecule has 16 heavy (non-hydrogen) atoms. The largest absolute Gasteiger partial charge is 0.342 e. The summed E-state index contributed by atoms with van der Waals surface area (Å²) < 4.78 is 1.09. The molecular weight excluding hydrogens is 266 g/mol. The molecule has 1 aromatic carbocycles. The molecule has 1 aliphatic rings. The van der Waals surface area contributed by atoms with E-state index in [0.717, 1.165) is 34.4 Å². The number of aromatic nitrogens is 2. The number of nitrogens with one attached hydrogen (secondary N) is 2. The average Bonchev–Trinajstić information content (AvgIpc) is 2.82. The molecule has 0 radical (unpaired) electrons. The van der Waals surface area contributed by atoms with Crippen LogP contribution in [0.4, 0.5) is 0 Å². The number of fused-ring (bicyclic) bond motifs is 1. The van der Waals surface area contributed by atoms with Gasteiger partial charge in [0.1, 0.15) is 5.82 Å². The highest BCUT2D eigenvalue weighted by molar-refractivity contribution is 9.10. The lowest BCUT2D eigenvalue weighted by Crippen LogP contribution is -2.09. The van der Waals surface area contributed by atoms with Gasteiger partial charge in [0.15, 0.2) is 0 Å². The van der Waals surface area contributed by atoms with Gasteiger partial charge in [0.25, 0.3) is 0 Å². The van der Waals surface area contributed by atoms with Gasteiger partial charge in [-0.2, -0.15) is 0 Å². The summed E-state index contributed by atoms with van der Waals surface area (Å²) in [4.78, 5) is 8.10. The van der Waals surface area contributed by atoms with Crippen LogP contribution in [0.15, 0.2) is 22.7 Å². The molecule has 3 nitrogen and oxygen atoms in total. The normalized spacial score (nSPS) is 25.4. The third-order valence-corrected chi connectivity index (χ3v) is 3.82. The van der Waals surface area contributed by atoms with E-state index in [-0.39, 0.29) is 0 Å². The molecule has 84 valence electrons. The molecule has 2 aromatic rings. The molecule has 1 aromatic heterocycles. The Hall–Kier alpha value is -0.870. The van der Waals surface area contributed by atoms with E-state index >= 15 is 0 Å². The van der Waals surface area contributed by atoms with Crippen molar-refractivity contribution < 1.29 is 0 Å². The van der Waals surface area contributed by atoms with Crippen molar-refractivity contribution in [3.63, 3.8) is 0 Å². The van der Waals surface area contributed by atoms with Crippen LogP contribution in [0.3, 0.4) is 0 Å². The maximum absolute atomic E-state index is 4.67. The van der Waals surface area contributed by atoms with Gasteiger partial charge in [-0.05, 0) is 30.7 Å². The molecule has 0 spiro atoms. The van der Waals surface area contributed by atoms with Gasteiger partial charge in [0.2, 0.25) is 0 Å². The first-order chi connectivity index (χ1) is 7.74. The van der Waals surface area contributed by atoms with Gasteiger partial charge >= 0.3 is 0 Å². The van der Waals surface area contributed by atoms with Crippen molar-refractivity contribution in [2.45, 2.75) is 12.8 Å². The second-order valence-corrected chi connectivity index (χ2v) is 5.44.